The van der Waals surface area contributed by atoms with Crippen LogP contribution in [0.1, 0.15) is 56.3 Å². The maximum absolute atomic E-state index is 12.6. The summed E-state index contributed by atoms with van der Waals surface area (Å²) in [4.78, 5) is 14.7. The van der Waals surface area contributed by atoms with Crippen molar-refractivity contribution in [1.82, 2.24) is 4.90 Å². The molecule has 0 aromatic heterocycles. The second kappa shape index (κ2) is 6.03. The van der Waals surface area contributed by atoms with Crippen LogP contribution >= 0.6 is 0 Å². The molecule has 0 aliphatic heterocycles. The first-order valence-corrected chi connectivity index (χ1v) is 7.08. The molecule has 1 aliphatic rings. The number of rotatable bonds is 3. The molecule has 1 amide bonds. The Morgan fingerprint density at radius 2 is 1.72 bits per heavy atom. The van der Waals surface area contributed by atoms with E-state index in [1.807, 2.05) is 30.3 Å². The van der Waals surface area contributed by atoms with E-state index in [0.717, 1.165) is 18.4 Å². The Hall–Kier alpha value is -1.31. The van der Waals surface area contributed by atoms with E-state index in [4.69, 9.17) is 0 Å². The highest BCUT2D eigenvalue weighted by Gasteiger charge is 2.27. The van der Waals surface area contributed by atoms with Gasteiger partial charge in [0.25, 0.3) is 5.91 Å². The van der Waals surface area contributed by atoms with Crippen molar-refractivity contribution in [2.45, 2.75) is 58.0 Å². The largest absolute Gasteiger partial charge is 0.333 e. The smallest absolute Gasteiger partial charge is 0.254 e. The van der Waals surface area contributed by atoms with Crippen molar-refractivity contribution in [2.24, 2.45) is 0 Å². The minimum atomic E-state index is 0.192. The lowest BCUT2D eigenvalue weighted by Gasteiger charge is -2.37. The van der Waals surface area contributed by atoms with Crippen LogP contribution in [0.4, 0.5) is 0 Å². The lowest BCUT2D eigenvalue weighted by Crippen LogP contribution is -2.45. The quantitative estimate of drug-likeness (QED) is 0.791. The first-order chi connectivity index (χ1) is 8.70. The van der Waals surface area contributed by atoms with Crippen LogP contribution in [0.15, 0.2) is 30.3 Å². The fourth-order valence-corrected chi connectivity index (χ4v) is 2.91. The Labute approximate surface area is 110 Å². The zero-order valence-corrected chi connectivity index (χ0v) is 11.4. The van der Waals surface area contributed by atoms with Crippen LogP contribution in [0, 0.1) is 0 Å². The van der Waals surface area contributed by atoms with E-state index < -0.39 is 0 Å². The van der Waals surface area contributed by atoms with Gasteiger partial charge in [0.05, 0.1) is 0 Å². The predicted octanol–water partition coefficient (Wildman–Crippen LogP) is 3.87. The zero-order valence-electron chi connectivity index (χ0n) is 11.4. The van der Waals surface area contributed by atoms with E-state index in [2.05, 4.69) is 18.7 Å². The highest BCUT2D eigenvalue weighted by atomic mass is 16.2. The van der Waals surface area contributed by atoms with Crippen molar-refractivity contribution in [3.8, 4) is 0 Å². The van der Waals surface area contributed by atoms with Gasteiger partial charge in [-0.2, -0.15) is 0 Å². The number of amides is 1. The van der Waals surface area contributed by atoms with E-state index in [1.165, 1.54) is 19.3 Å². The second-order valence-corrected chi connectivity index (χ2v) is 5.46. The van der Waals surface area contributed by atoms with Gasteiger partial charge in [-0.25, -0.2) is 0 Å². The molecule has 1 aliphatic carbocycles. The molecule has 0 radical (unpaired) electrons. The maximum atomic E-state index is 12.6. The van der Waals surface area contributed by atoms with E-state index >= 15 is 0 Å². The summed E-state index contributed by atoms with van der Waals surface area (Å²) in [6.45, 7) is 4.24. The van der Waals surface area contributed by atoms with Crippen molar-refractivity contribution in [3.63, 3.8) is 0 Å². The van der Waals surface area contributed by atoms with Gasteiger partial charge in [0.2, 0.25) is 0 Å². The van der Waals surface area contributed by atoms with Gasteiger partial charge in [0.1, 0.15) is 0 Å². The molecule has 18 heavy (non-hydrogen) atoms. The first-order valence-electron chi connectivity index (χ1n) is 7.08. The fourth-order valence-electron chi connectivity index (χ4n) is 2.91. The third-order valence-electron chi connectivity index (χ3n) is 3.78. The van der Waals surface area contributed by atoms with Crippen molar-refractivity contribution < 1.29 is 4.79 Å². The lowest BCUT2D eigenvalue weighted by atomic mass is 9.93. The molecule has 2 heteroatoms. The third kappa shape index (κ3) is 2.92. The molecular formula is C16H23NO. The summed E-state index contributed by atoms with van der Waals surface area (Å²) in [6, 6.07) is 10.4. The molecule has 2 nitrogen and oxygen atoms in total. The van der Waals surface area contributed by atoms with Gasteiger partial charge in [-0.15, -0.1) is 0 Å². The molecule has 1 aromatic carbocycles. The molecule has 1 aromatic rings. The van der Waals surface area contributed by atoms with Crippen molar-refractivity contribution in [1.29, 1.82) is 0 Å². The minimum absolute atomic E-state index is 0.192. The van der Waals surface area contributed by atoms with E-state index in [0.29, 0.717) is 6.04 Å². The van der Waals surface area contributed by atoms with Crippen LogP contribution in [-0.4, -0.2) is 22.9 Å². The van der Waals surface area contributed by atoms with Crippen LogP contribution in [0.2, 0.25) is 0 Å². The van der Waals surface area contributed by atoms with Crippen molar-refractivity contribution >= 4 is 5.91 Å². The topological polar surface area (TPSA) is 20.3 Å². The zero-order chi connectivity index (χ0) is 13.0. The molecule has 0 bridgehead atoms. The Balaban J connectivity index is 2.17. The molecule has 0 saturated heterocycles. The van der Waals surface area contributed by atoms with E-state index in [-0.39, 0.29) is 11.9 Å². The van der Waals surface area contributed by atoms with Crippen LogP contribution in [-0.2, 0) is 0 Å². The minimum Gasteiger partial charge on any atom is -0.333 e. The Morgan fingerprint density at radius 1 is 1.11 bits per heavy atom. The van der Waals surface area contributed by atoms with Crippen molar-refractivity contribution in [3.05, 3.63) is 35.9 Å². The van der Waals surface area contributed by atoms with Gasteiger partial charge in [-0.05, 0) is 38.8 Å². The Morgan fingerprint density at radius 3 is 2.28 bits per heavy atom. The van der Waals surface area contributed by atoms with E-state index in [9.17, 15) is 4.79 Å². The number of nitrogens with zero attached hydrogens (tertiary/aromatic N) is 1. The number of carbonyl (C=O) groups excluding carboxylic acids is 1. The third-order valence-corrected chi connectivity index (χ3v) is 3.78. The first kappa shape index (κ1) is 13.1. The van der Waals surface area contributed by atoms with Gasteiger partial charge >= 0.3 is 0 Å². The van der Waals surface area contributed by atoms with Crippen LogP contribution in [0.5, 0.6) is 0 Å². The fraction of sp³-hybridized carbons (Fsp3) is 0.562. The highest BCUT2D eigenvalue weighted by molar-refractivity contribution is 5.94. The van der Waals surface area contributed by atoms with Gasteiger partial charge in [0, 0.05) is 17.6 Å². The summed E-state index contributed by atoms with van der Waals surface area (Å²) in [5, 5.41) is 0. The van der Waals surface area contributed by atoms with Crippen LogP contribution < -0.4 is 0 Å². The summed E-state index contributed by atoms with van der Waals surface area (Å²) in [7, 11) is 0. The molecule has 0 spiro atoms. The predicted molar refractivity (Wildman–Crippen MR) is 74.6 cm³/mol. The molecule has 1 saturated carbocycles. The number of hydrogen-bond donors (Lipinski definition) is 0. The average molecular weight is 245 g/mol. The molecule has 0 N–H and O–H groups in total. The molecule has 0 unspecified atom stereocenters. The highest BCUT2D eigenvalue weighted by Crippen LogP contribution is 2.25. The SMILES string of the molecule is CC(C)N(C(=O)c1ccccc1)C1CCCCC1. The molecule has 2 rings (SSSR count). The average Bonchev–Trinajstić information content (AvgIpc) is 2.40. The monoisotopic (exact) mass is 245 g/mol. The molecular weight excluding hydrogens is 222 g/mol. The lowest BCUT2D eigenvalue weighted by molar-refractivity contribution is 0.0555. The molecule has 0 heterocycles. The van der Waals surface area contributed by atoms with Crippen LogP contribution in [0.25, 0.3) is 0 Å². The summed E-state index contributed by atoms with van der Waals surface area (Å²) in [5.41, 5.74) is 0.816. The standard InChI is InChI=1S/C16H23NO/c1-13(2)17(15-11-7-4-8-12-15)16(18)14-9-5-3-6-10-14/h3,5-6,9-10,13,15H,4,7-8,11-12H2,1-2H3. The van der Waals surface area contributed by atoms with E-state index in [1.54, 1.807) is 0 Å². The van der Waals surface area contributed by atoms with Crippen LogP contribution in [0.3, 0.4) is 0 Å². The summed E-state index contributed by atoms with van der Waals surface area (Å²) >= 11 is 0. The normalized spacial score (nSPS) is 16.8. The Kier molecular flexibility index (Phi) is 4.40. The van der Waals surface area contributed by atoms with Gasteiger partial charge < -0.3 is 4.90 Å². The summed E-state index contributed by atoms with van der Waals surface area (Å²) in [5.74, 6) is 0.192. The van der Waals surface area contributed by atoms with Gasteiger partial charge in [-0.3, -0.25) is 4.79 Å². The summed E-state index contributed by atoms with van der Waals surface area (Å²) in [6.07, 6.45) is 6.17. The summed E-state index contributed by atoms with van der Waals surface area (Å²) < 4.78 is 0. The maximum Gasteiger partial charge on any atom is 0.254 e. The number of carbonyl (C=O) groups is 1. The van der Waals surface area contributed by atoms with Gasteiger partial charge in [-0.1, -0.05) is 37.5 Å². The van der Waals surface area contributed by atoms with Crippen molar-refractivity contribution in [2.75, 3.05) is 0 Å². The molecule has 0 atom stereocenters. The molecule has 98 valence electrons. The number of benzene rings is 1. The number of hydrogen-bond acceptors (Lipinski definition) is 1. The second-order valence-electron chi connectivity index (χ2n) is 5.46. The van der Waals surface area contributed by atoms with Gasteiger partial charge in [0.15, 0.2) is 0 Å². The Bertz CT molecular complexity index is 379. The molecule has 1 fully saturated rings.